The van der Waals surface area contributed by atoms with Crippen molar-refractivity contribution in [2.45, 2.75) is 13.1 Å². The second-order valence-corrected chi connectivity index (χ2v) is 7.21. The van der Waals surface area contributed by atoms with E-state index in [4.69, 9.17) is 4.74 Å². The minimum absolute atomic E-state index is 0. The molecule has 8 heteroatoms. The number of nitrogens with zero attached hydrogens (tertiary/aromatic N) is 3. The molecule has 1 aromatic carbocycles. The number of hydrogen-bond acceptors (Lipinski definition) is 6. The van der Waals surface area contributed by atoms with Crippen LogP contribution in [0.15, 0.2) is 48.0 Å². The van der Waals surface area contributed by atoms with Crippen LogP contribution in [0.25, 0.3) is 10.7 Å². The minimum Gasteiger partial charge on any atom is -0.378 e. The predicted octanol–water partition coefficient (Wildman–Crippen LogP) is 3.89. The van der Waals surface area contributed by atoms with E-state index in [9.17, 15) is 4.39 Å². The molecule has 0 aliphatic carbocycles. The van der Waals surface area contributed by atoms with E-state index in [1.54, 1.807) is 23.6 Å². The number of hydrogen-bond donors (Lipinski definition) is 1. The van der Waals surface area contributed by atoms with Crippen LogP contribution < -0.4 is 10.2 Å². The van der Waals surface area contributed by atoms with Gasteiger partial charge in [-0.2, -0.15) is 0 Å². The van der Waals surface area contributed by atoms with E-state index in [2.05, 4.69) is 15.3 Å². The average Bonchev–Trinajstić information content (AvgIpc) is 3.18. The SMILES string of the molecule is Cl.Fc1cc(CNCc2csc(-c3ccccn3)n2)ccc1N1CCOCC1. The lowest BCUT2D eigenvalue weighted by molar-refractivity contribution is 0.122. The van der Waals surface area contributed by atoms with Crippen molar-refractivity contribution in [3.63, 3.8) is 0 Å². The molecule has 28 heavy (non-hydrogen) atoms. The van der Waals surface area contributed by atoms with Gasteiger partial charge in [-0.15, -0.1) is 23.7 Å². The first-order valence-corrected chi connectivity index (χ1v) is 9.85. The second kappa shape index (κ2) is 9.93. The quantitative estimate of drug-likeness (QED) is 0.655. The number of anilines is 1. The van der Waals surface area contributed by atoms with Crippen LogP contribution in [0.3, 0.4) is 0 Å². The molecular weight excluding hydrogens is 399 g/mol. The summed E-state index contributed by atoms with van der Waals surface area (Å²) in [4.78, 5) is 11.0. The molecule has 0 bridgehead atoms. The van der Waals surface area contributed by atoms with Crippen LogP contribution in [0.5, 0.6) is 0 Å². The Kier molecular flexibility index (Phi) is 7.33. The van der Waals surface area contributed by atoms with Gasteiger partial charge in [-0.1, -0.05) is 12.1 Å². The maximum atomic E-state index is 14.4. The summed E-state index contributed by atoms with van der Waals surface area (Å²) in [5, 5.41) is 6.27. The molecule has 0 unspecified atom stereocenters. The Bertz CT molecular complexity index is 887. The first-order chi connectivity index (χ1) is 13.3. The van der Waals surface area contributed by atoms with Crippen molar-refractivity contribution in [1.29, 1.82) is 0 Å². The van der Waals surface area contributed by atoms with Crippen LogP contribution in [0.4, 0.5) is 10.1 Å². The Morgan fingerprint density at radius 2 is 2.00 bits per heavy atom. The van der Waals surface area contributed by atoms with Crippen LogP contribution in [0, 0.1) is 5.82 Å². The molecular formula is C20H22ClFN4OS. The number of morpholine rings is 1. The van der Waals surface area contributed by atoms with Crippen LogP contribution in [0.2, 0.25) is 0 Å². The Morgan fingerprint density at radius 3 is 2.75 bits per heavy atom. The Morgan fingerprint density at radius 1 is 1.14 bits per heavy atom. The molecule has 3 aromatic rings. The molecule has 5 nitrogen and oxygen atoms in total. The van der Waals surface area contributed by atoms with Gasteiger partial charge in [0, 0.05) is 37.8 Å². The largest absolute Gasteiger partial charge is 0.378 e. The monoisotopic (exact) mass is 420 g/mol. The summed E-state index contributed by atoms with van der Waals surface area (Å²) < 4.78 is 19.8. The molecule has 2 aromatic heterocycles. The number of ether oxygens (including phenoxy) is 1. The van der Waals surface area contributed by atoms with E-state index < -0.39 is 0 Å². The summed E-state index contributed by atoms with van der Waals surface area (Å²) in [5.74, 6) is -0.178. The summed E-state index contributed by atoms with van der Waals surface area (Å²) in [7, 11) is 0. The Hall–Kier alpha value is -2.06. The lowest BCUT2D eigenvalue weighted by atomic mass is 10.1. The summed E-state index contributed by atoms with van der Waals surface area (Å²) in [6.45, 7) is 3.99. The van der Waals surface area contributed by atoms with E-state index in [1.165, 1.54) is 0 Å². The molecule has 0 radical (unpaired) electrons. The fraction of sp³-hybridized carbons (Fsp3) is 0.300. The van der Waals surface area contributed by atoms with Crippen molar-refractivity contribution >= 4 is 29.4 Å². The number of benzene rings is 1. The number of pyridine rings is 1. The van der Waals surface area contributed by atoms with Crippen LogP contribution in [-0.2, 0) is 17.8 Å². The molecule has 1 fully saturated rings. The number of aromatic nitrogens is 2. The molecule has 148 valence electrons. The van der Waals surface area contributed by atoms with Gasteiger partial charge in [-0.25, -0.2) is 9.37 Å². The van der Waals surface area contributed by atoms with Crippen LogP contribution in [0.1, 0.15) is 11.3 Å². The summed E-state index contributed by atoms with van der Waals surface area (Å²) in [6, 6.07) is 11.2. The lowest BCUT2D eigenvalue weighted by Crippen LogP contribution is -2.36. The fourth-order valence-corrected chi connectivity index (χ4v) is 3.85. The molecule has 1 N–H and O–H groups in total. The standard InChI is InChI=1S/C20H21FN4OS.ClH/c21-17-11-15(4-5-19(17)25-7-9-26-10-8-25)12-22-13-16-14-27-20(24-16)18-3-1-2-6-23-18;/h1-6,11,14,22H,7-10,12-13H2;1H. The van der Waals surface area contributed by atoms with E-state index in [1.807, 2.05) is 40.6 Å². The summed E-state index contributed by atoms with van der Waals surface area (Å²) >= 11 is 1.58. The molecule has 0 amide bonds. The highest BCUT2D eigenvalue weighted by molar-refractivity contribution is 7.13. The zero-order valence-corrected chi connectivity index (χ0v) is 16.9. The summed E-state index contributed by atoms with van der Waals surface area (Å²) in [5.41, 5.74) is 3.42. The van der Waals surface area contributed by atoms with E-state index >= 15 is 0 Å². The van der Waals surface area contributed by atoms with Crippen molar-refractivity contribution in [3.05, 3.63) is 65.0 Å². The topological polar surface area (TPSA) is 50.3 Å². The van der Waals surface area contributed by atoms with Gasteiger partial charge in [0.15, 0.2) is 0 Å². The smallest absolute Gasteiger partial charge is 0.146 e. The van der Waals surface area contributed by atoms with Gasteiger partial charge in [0.1, 0.15) is 10.8 Å². The van der Waals surface area contributed by atoms with Gasteiger partial charge < -0.3 is 15.0 Å². The summed E-state index contributed by atoms with van der Waals surface area (Å²) in [6.07, 6.45) is 1.77. The third-order valence-electron chi connectivity index (χ3n) is 4.43. The van der Waals surface area contributed by atoms with Crippen molar-refractivity contribution in [2.24, 2.45) is 0 Å². The molecule has 3 heterocycles. The highest BCUT2D eigenvalue weighted by Gasteiger charge is 2.15. The van der Waals surface area contributed by atoms with E-state index in [0.717, 1.165) is 35.0 Å². The number of nitrogens with one attached hydrogen (secondary N) is 1. The maximum Gasteiger partial charge on any atom is 0.146 e. The zero-order valence-electron chi connectivity index (χ0n) is 15.3. The highest BCUT2D eigenvalue weighted by Crippen LogP contribution is 2.23. The van der Waals surface area contributed by atoms with Crippen molar-refractivity contribution in [3.8, 4) is 10.7 Å². The van der Waals surface area contributed by atoms with Gasteiger partial charge in [-0.05, 0) is 29.8 Å². The first-order valence-electron chi connectivity index (χ1n) is 8.97. The number of rotatable bonds is 6. The van der Waals surface area contributed by atoms with E-state index in [0.29, 0.717) is 32.0 Å². The van der Waals surface area contributed by atoms with Gasteiger partial charge in [0.05, 0.1) is 30.3 Å². The van der Waals surface area contributed by atoms with Crippen molar-refractivity contribution < 1.29 is 9.13 Å². The molecule has 1 aliphatic heterocycles. The fourth-order valence-electron chi connectivity index (χ4n) is 3.05. The first kappa shape index (κ1) is 20.7. The Labute approximate surface area is 174 Å². The highest BCUT2D eigenvalue weighted by atomic mass is 35.5. The van der Waals surface area contributed by atoms with Crippen molar-refractivity contribution in [2.75, 3.05) is 31.2 Å². The predicted molar refractivity (Wildman–Crippen MR) is 113 cm³/mol. The van der Waals surface area contributed by atoms with Crippen LogP contribution in [-0.4, -0.2) is 36.3 Å². The average molecular weight is 421 g/mol. The number of halogens is 2. The van der Waals surface area contributed by atoms with Crippen LogP contribution >= 0.6 is 23.7 Å². The normalized spacial score (nSPS) is 14.0. The van der Waals surface area contributed by atoms with Gasteiger partial charge in [0.2, 0.25) is 0 Å². The molecule has 0 saturated carbocycles. The third kappa shape index (κ3) is 5.05. The number of thiazole rings is 1. The molecule has 1 aliphatic rings. The van der Waals surface area contributed by atoms with Gasteiger partial charge in [-0.3, -0.25) is 4.98 Å². The minimum atomic E-state index is -0.178. The lowest BCUT2D eigenvalue weighted by Gasteiger charge is -2.29. The second-order valence-electron chi connectivity index (χ2n) is 6.35. The zero-order chi connectivity index (χ0) is 18.5. The molecule has 4 rings (SSSR count). The van der Waals surface area contributed by atoms with Gasteiger partial charge >= 0.3 is 0 Å². The van der Waals surface area contributed by atoms with Gasteiger partial charge in [0.25, 0.3) is 0 Å². The molecule has 0 spiro atoms. The molecule has 1 saturated heterocycles. The van der Waals surface area contributed by atoms with E-state index in [-0.39, 0.29) is 18.2 Å². The van der Waals surface area contributed by atoms with Crippen molar-refractivity contribution in [1.82, 2.24) is 15.3 Å². The third-order valence-corrected chi connectivity index (χ3v) is 5.35. The maximum absolute atomic E-state index is 14.4. The molecule has 0 atom stereocenters. The Balaban J connectivity index is 0.00000225.